The number of amides is 1. The van der Waals surface area contributed by atoms with Gasteiger partial charge in [0.1, 0.15) is 11.2 Å². The minimum Gasteiger partial charge on any atom is -0.379 e. The zero-order valence-electron chi connectivity index (χ0n) is 21.4. The van der Waals surface area contributed by atoms with Gasteiger partial charge < -0.3 is 25.7 Å². The van der Waals surface area contributed by atoms with Crippen LogP contribution >= 0.6 is 0 Å². The van der Waals surface area contributed by atoms with Crippen molar-refractivity contribution in [3.8, 4) is 11.3 Å². The first-order valence-corrected chi connectivity index (χ1v) is 12.1. The second kappa shape index (κ2) is 9.75. The van der Waals surface area contributed by atoms with Crippen molar-refractivity contribution in [2.24, 2.45) is 12.8 Å². The summed E-state index contributed by atoms with van der Waals surface area (Å²) >= 11 is 0. The number of fused-ring (bicyclic) bond motifs is 1. The lowest BCUT2D eigenvalue weighted by molar-refractivity contribution is -0.0118. The Morgan fingerprint density at radius 1 is 1.08 bits per heavy atom. The molecule has 4 aromatic rings. The number of carbonyl (C=O) groups excluding carboxylic acids is 1. The third-order valence-corrected chi connectivity index (χ3v) is 6.92. The van der Waals surface area contributed by atoms with Crippen molar-refractivity contribution in [3.05, 3.63) is 54.2 Å². The predicted molar refractivity (Wildman–Crippen MR) is 143 cm³/mol. The lowest BCUT2D eigenvalue weighted by Gasteiger charge is -2.41. The molecule has 3 aromatic heterocycles. The van der Waals surface area contributed by atoms with Crippen LogP contribution in [-0.4, -0.2) is 68.7 Å². The van der Waals surface area contributed by atoms with Gasteiger partial charge in [-0.15, -0.1) is 0 Å². The van der Waals surface area contributed by atoms with E-state index in [2.05, 4.69) is 61.4 Å². The van der Waals surface area contributed by atoms with E-state index in [1.165, 1.54) is 5.56 Å². The Balaban J connectivity index is 1.48. The molecule has 11 heteroatoms. The van der Waals surface area contributed by atoms with Gasteiger partial charge in [-0.3, -0.25) is 14.7 Å². The molecule has 1 aliphatic heterocycles. The highest BCUT2D eigenvalue weighted by Crippen LogP contribution is 2.33. The highest BCUT2D eigenvalue weighted by atomic mass is 16.5. The van der Waals surface area contributed by atoms with E-state index in [0.717, 1.165) is 37.5 Å². The van der Waals surface area contributed by atoms with Crippen molar-refractivity contribution < 1.29 is 9.53 Å². The van der Waals surface area contributed by atoms with Crippen molar-refractivity contribution >= 4 is 34.3 Å². The molecule has 192 valence electrons. The molecule has 0 saturated carbocycles. The van der Waals surface area contributed by atoms with Gasteiger partial charge in [0.15, 0.2) is 17.3 Å². The average Bonchev–Trinajstić information content (AvgIpc) is 3.30. The minimum atomic E-state index is -0.690. The third kappa shape index (κ3) is 4.58. The summed E-state index contributed by atoms with van der Waals surface area (Å²) in [7, 11) is 3.64. The number of nitrogens with zero attached hydrogens (tertiary/aromatic N) is 6. The molecule has 0 aliphatic carbocycles. The molecule has 1 aromatic carbocycles. The number of carbonyl (C=O) groups is 1. The smallest absolute Gasteiger partial charge is 0.271 e. The van der Waals surface area contributed by atoms with Gasteiger partial charge in [0, 0.05) is 44.6 Å². The maximum Gasteiger partial charge on any atom is 0.271 e. The molecule has 0 spiro atoms. The number of nitrogens with one attached hydrogen (secondary N) is 2. The molecular formula is C26H31N9O2. The van der Waals surface area contributed by atoms with E-state index in [1.807, 2.05) is 23.7 Å². The van der Waals surface area contributed by atoms with Gasteiger partial charge in [0.2, 0.25) is 0 Å². The molecule has 1 fully saturated rings. The number of pyridine rings is 1. The lowest BCUT2D eigenvalue weighted by atomic mass is 9.91. The maximum absolute atomic E-state index is 12.4. The predicted octanol–water partition coefficient (Wildman–Crippen LogP) is 2.88. The van der Waals surface area contributed by atoms with Crippen LogP contribution in [0.1, 0.15) is 29.9 Å². The fourth-order valence-electron chi connectivity index (χ4n) is 4.68. The number of morpholine rings is 1. The number of aryl methyl sites for hydroxylation is 1. The normalized spacial score (nSPS) is 14.6. The molecule has 37 heavy (non-hydrogen) atoms. The topological polar surface area (TPSA) is 136 Å². The molecular weight excluding hydrogens is 470 g/mol. The van der Waals surface area contributed by atoms with Gasteiger partial charge >= 0.3 is 0 Å². The molecule has 4 heterocycles. The molecule has 5 rings (SSSR count). The highest BCUT2D eigenvalue weighted by molar-refractivity contribution is 5.99. The summed E-state index contributed by atoms with van der Waals surface area (Å²) in [5, 5.41) is 6.30. The third-order valence-electron chi connectivity index (χ3n) is 6.92. The Morgan fingerprint density at radius 2 is 1.81 bits per heavy atom. The minimum absolute atomic E-state index is 0.0275. The van der Waals surface area contributed by atoms with Crippen LogP contribution in [-0.2, 0) is 17.3 Å². The molecule has 11 nitrogen and oxygen atoms in total. The Morgan fingerprint density at radius 3 is 2.49 bits per heavy atom. The van der Waals surface area contributed by atoms with E-state index in [1.54, 1.807) is 25.8 Å². The Labute approximate surface area is 215 Å². The first-order valence-electron chi connectivity index (χ1n) is 12.1. The Bertz CT molecular complexity index is 1440. The quantitative estimate of drug-likeness (QED) is 0.349. The second-order valence-electron chi connectivity index (χ2n) is 9.50. The molecule has 0 bridgehead atoms. The summed E-state index contributed by atoms with van der Waals surface area (Å²) in [4.78, 5) is 32.9. The fraction of sp³-hybridized carbons (Fsp3) is 0.346. The highest BCUT2D eigenvalue weighted by Gasteiger charge is 2.30. The summed E-state index contributed by atoms with van der Waals surface area (Å²) in [6.07, 6.45) is 5.09. The largest absolute Gasteiger partial charge is 0.379 e. The summed E-state index contributed by atoms with van der Waals surface area (Å²) in [5.41, 5.74) is 10.2. The van der Waals surface area contributed by atoms with Crippen LogP contribution in [0.25, 0.3) is 22.3 Å². The molecule has 0 atom stereocenters. The van der Waals surface area contributed by atoms with Crippen LogP contribution in [0.4, 0.5) is 17.3 Å². The number of aromatic nitrogens is 5. The number of imidazole rings is 1. The zero-order valence-corrected chi connectivity index (χ0v) is 21.4. The van der Waals surface area contributed by atoms with Crippen molar-refractivity contribution in [3.63, 3.8) is 0 Å². The SMILES string of the molecule is CNc1nc(Nc2ccc(C(C)(C)N3CCOCC3)cc2)c(C(N)=O)nc1-c1cncc2c1ncn2C. The first-order chi connectivity index (χ1) is 17.8. The second-order valence-corrected chi connectivity index (χ2v) is 9.50. The number of nitrogens with two attached hydrogens (primary N) is 1. The van der Waals surface area contributed by atoms with Crippen LogP contribution < -0.4 is 16.4 Å². The molecule has 1 saturated heterocycles. The molecule has 0 unspecified atom stereocenters. The Kier molecular flexibility index (Phi) is 6.48. The van der Waals surface area contributed by atoms with Gasteiger partial charge in [-0.2, -0.15) is 0 Å². The van der Waals surface area contributed by atoms with Gasteiger partial charge in [-0.05, 0) is 31.5 Å². The summed E-state index contributed by atoms with van der Waals surface area (Å²) in [6.45, 7) is 7.70. The monoisotopic (exact) mass is 501 g/mol. The number of benzene rings is 1. The summed E-state index contributed by atoms with van der Waals surface area (Å²) in [5.74, 6) is 0.0459. The van der Waals surface area contributed by atoms with E-state index in [4.69, 9.17) is 10.5 Å². The maximum atomic E-state index is 12.4. The number of hydrogen-bond donors (Lipinski definition) is 3. The first kappa shape index (κ1) is 24.6. The van der Waals surface area contributed by atoms with Crippen molar-refractivity contribution in [2.75, 3.05) is 44.0 Å². The van der Waals surface area contributed by atoms with E-state index in [9.17, 15) is 4.79 Å². The number of ether oxygens (including phenoxy) is 1. The van der Waals surface area contributed by atoms with Crippen molar-refractivity contribution in [1.29, 1.82) is 0 Å². The molecule has 1 aliphatic rings. The van der Waals surface area contributed by atoms with Crippen LogP contribution in [0.15, 0.2) is 43.0 Å². The van der Waals surface area contributed by atoms with Gasteiger partial charge in [0.05, 0.1) is 36.8 Å². The zero-order chi connectivity index (χ0) is 26.2. The lowest BCUT2D eigenvalue weighted by Crippen LogP contribution is -2.47. The summed E-state index contributed by atoms with van der Waals surface area (Å²) in [6, 6.07) is 8.09. The van der Waals surface area contributed by atoms with Crippen molar-refractivity contribution in [1.82, 2.24) is 29.4 Å². The van der Waals surface area contributed by atoms with Crippen LogP contribution in [0.5, 0.6) is 0 Å². The number of primary amides is 1. The number of hydrogen-bond acceptors (Lipinski definition) is 9. The van der Waals surface area contributed by atoms with Crippen molar-refractivity contribution in [2.45, 2.75) is 19.4 Å². The van der Waals surface area contributed by atoms with E-state index in [-0.39, 0.29) is 17.1 Å². The molecule has 1 amide bonds. The van der Waals surface area contributed by atoms with E-state index in [0.29, 0.717) is 22.6 Å². The molecule has 0 radical (unpaired) electrons. The van der Waals surface area contributed by atoms with Crippen LogP contribution in [0.3, 0.4) is 0 Å². The van der Waals surface area contributed by atoms with E-state index >= 15 is 0 Å². The number of rotatable bonds is 7. The summed E-state index contributed by atoms with van der Waals surface area (Å²) < 4.78 is 7.38. The van der Waals surface area contributed by atoms with E-state index < -0.39 is 5.91 Å². The van der Waals surface area contributed by atoms with Crippen LogP contribution in [0.2, 0.25) is 0 Å². The fourth-order valence-corrected chi connectivity index (χ4v) is 4.68. The standard InChI is InChI=1S/C26H31N9O2/c1-26(2,35-9-11-37-12-10-35)16-5-7-17(8-6-16)31-25-22(23(27)36)32-21(24(28-3)33-25)18-13-29-14-19-20(18)30-15-34(19)4/h5-8,13-15H,9-12H2,1-4H3,(H2,27,36)(H2,28,31,33). The average molecular weight is 502 g/mol. The van der Waals surface area contributed by atoms with Gasteiger partial charge in [-0.1, -0.05) is 12.1 Å². The number of anilines is 3. The Hall–Kier alpha value is -4.09. The van der Waals surface area contributed by atoms with Gasteiger partial charge in [-0.25, -0.2) is 15.0 Å². The molecule has 4 N–H and O–H groups in total. The van der Waals surface area contributed by atoms with Crippen LogP contribution in [0, 0.1) is 0 Å². The van der Waals surface area contributed by atoms with Gasteiger partial charge in [0.25, 0.3) is 5.91 Å².